The van der Waals surface area contributed by atoms with Gasteiger partial charge in [-0.2, -0.15) is 0 Å². The van der Waals surface area contributed by atoms with E-state index in [4.69, 9.17) is 4.99 Å². The second-order valence-corrected chi connectivity index (χ2v) is 9.48. The molecular weight excluding hydrogens is 370 g/mol. The van der Waals surface area contributed by atoms with E-state index in [1.54, 1.807) is 0 Å². The molecule has 2 aromatic rings. The molecule has 2 aliphatic heterocycles. The summed E-state index contributed by atoms with van der Waals surface area (Å²) in [6.45, 7) is 13.7. The van der Waals surface area contributed by atoms with Crippen LogP contribution in [0.5, 0.6) is 0 Å². The maximum Gasteiger partial charge on any atom is 0.206 e. The van der Waals surface area contributed by atoms with Crippen molar-refractivity contribution in [3.05, 3.63) is 58.8 Å². The lowest BCUT2D eigenvalue weighted by Crippen LogP contribution is -2.63. The monoisotopic (exact) mass is 401 g/mol. The largest absolute Gasteiger partial charge is 0.366 e. The third-order valence-electron chi connectivity index (χ3n) is 6.97. The molecule has 2 fully saturated rings. The van der Waals surface area contributed by atoms with Gasteiger partial charge in [0.25, 0.3) is 0 Å². The van der Waals surface area contributed by atoms with Gasteiger partial charge in [0, 0.05) is 49.6 Å². The molecule has 5 heteroatoms. The molecule has 1 aromatic carbocycles. The van der Waals surface area contributed by atoms with Crippen LogP contribution in [0.15, 0.2) is 36.0 Å². The Morgan fingerprint density at radius 3 is 2.53 bits per heavy atom. The predicted octanol–water partition coefficient (Wildman–Crippen LogP) is 5.01. The zero-order valence-corrected chi connectivity index (χ0v) is 18.5. The second-order valence-electron chi connectivity index (χ2n) is 9.48. The summed E-state index contributed by atoms with van der Waals surface area (Å²) in [5, 5.41) is 3.53. The number of fused-ring (bicyclic) bond motifs is 1. The minimum Gasteiger partial charge on any atom is -0.366 e. The highest BCUT2D eigenvalue weighted by atomic mass is 15.4. The second kappa shape index (κ2) is 6.86. The molecule has 1 spiro atoms. The molecular formula is C25H31N5. The summed E-state index contributed by atoms with van der Waals surface area (Å²) in [6, 6.07) is 6.60. The van der Waals surface area contributed by atoms with Crippen LogP contribution in [-0.4, -0.2) is 40.9 Å². The van der Waals surface area contributed by atoms with Crippen LogP contribution in [0.4, 0.5) is 11.5 Å². The molecule has 0 atom stereocenters. The molecule has 1 aliphatic carbocycles. The van der Waals surface area contributed by atoms with E-state index < -0.39 is 0 Å². The standard InChI is InChI=1S/C25H31N5/c1-16-10-20(13-27-23-18(3)9-17(2)12-26-23)22-21(11-16)19(4)29(5)24(28-22)30-14-25(15-30)7-6-8-25/h9-12H,4,6-8,13-15H2,1-3,5H3,(H,26,27). The van der Waals surface area contributed by atoms with Gasteiger partial charge in [-0.15, -0.1) is 0 Å². The molecule has 156 valence electrons. The maximum absolute atomic E-state index is 5.16. The molecule has 3 heterocycles. The predicted molar refractivity (Wildman–Crippen MR) is 124 cm³/mol. The van der Waals surface area contributed by atoms with E-state index >= 15 is 0 Å². The normalized spacial score (nSPS) is 19.2. The van der Waals surface area contributed by atoms with E-state index in [9.17, 15) is 0 Å². The number of nitrogens with zero attached hydrogens (tertiary/aromatic N) is 4. The molecule has 0 amide bonds. The smallest absolute Gasteiger partial charge is 0.206 e. The third kappa shape index (κ3) is 3.08. The molecule has 0 radical (unpaired) electrons. The molecule has 5 rings (SSSR count). The number of nitrogens with one attached hydrogen (secondary N) is 1. The minimum absolute atomic E-state index is 0.567. The van der Waals surface area contributed by atoms with Gasteiger partial charge in [-0.25, -0.2) is 9.98 Å². The third-order valence-corrected chi connectivity index (χ3v) is 6.97. The van der Waals surface area contributed by atoms with Gasteiger partial charge in [0.05, 0.1) is 5.69 Å². The SMILES string of the molecule is C=C1c2cc(C)cc(CNc3ncc(C)cc3C)c2N=C(N2CC3(CCC3)C2)N1C. The summed E-state index contributed by atoms with van der Waals surface area (Å²) in [5.41, 5.74) is 8.53. The number of aromatic nitrogens is 1. The highest BCUT2D eigenvalue weighted by Crippen LogP contribution is 2.49. The molecule has 1 aromatic heterocycles. The Morgan fingerprint density at radius 2 is 1.87 bits per heavy atom. The Balaban J connectivity index is 1.46. The zero-order chi connectivity index (χ0) is 21.0. The molecule has 5 nitrogen and oxygen atoms in total. The average Bonchev–Trinajstić information content (AvgIpc) is 2.63. The lowest BCUT2D eigenvalue weighted by molar-refractivity contribution is -0.0216. The fraction of sp³-hybridized carbons (Fsp3) is 0.440. The summed E-state index contributed by atoms with van der Waals surface area (Å²) in [7, 11) is 2.09. The number of aliphatic imine (C=N–C) groups is 1. The first-order valence-electron chi connectivity index (χ1n) is 10.9. The van der Waals surface area contributed by atoms with Gasteiger partial charge in [0.15, 0.2) is 0 Å². The molecule has 0 unspecified atom stereocenters. The van der Waals surface area contributed by atoms with Gasteiger partial charge >= 0.3 is 0 Å². The van der Waals surface area contributed by atoms with Crippen molar-refractivity contribution in [1.29, 1.82) is 0 Å². The Morgan fingerprint density at radius 1 is 1.10 bits per heavy atom. The number of aryl methyl sites for hydroxylation is 3. The number of anilines is 1. The lowest BCUT2D eigenvalue weighted by atomic mass is 9.63. The molecule has 1 saturated heterocycles. The van der Waals surface area contributed by atoms with Crippen molar-refractivity contribution >= 4 is 23.2 Å². The Hall–Kier alpha value is -2.82. The number of hydrogen-bond donors (Lipinski definition) is 1. The summed E-state index contributed by atoms with van der Waals surface area (Å²) in [4.78, 5) is 14.3. The number of hydrogen-bond acceptors (Lipinski definition) is 5. The van der Waals surface area contributed by atoms with E-state index in [0.717, 1.165) is 47.4 Å². The van der Waals surface area contributed by atoms with Gasteiger partial charge in [-0.1, -0.05) is 25.1 Å². The quantitative estimate of drug-likeness (QED) is 0.785. The van der Waals surface area contributed by atoms with Gasteiger partial charge in [-0.05, 0) is 61.9 Å². The number of benzene rings is 1. The van der Waals surface area contributed by atoms with E-state index in [1.165, 1.54) is 36.0 Å². The molecule has 30 heavy (non-hydrogen) atoms. The van der Waals surface area contributed by atoms with Crippen LogP contribution in [-0.2, 0) is 6.54 Å². The molecule has 1 saturated carbocycles. The Kier molecular flexibility index (Phi) is 4.38. The summed E-state index contributed by atoms with van der Waals surface area (Å²) < 4.78 is 0. The van der Waals surface area contributed by atoms with Gasteiger partial charge in [-0.3, -0.25) is 0 Å². The number of pyridine rings is 1. The highest BCUT2D eigenvalue weighted by molar-refractivity contribution is 5.97. The van der Waals surface area contributed by atoms with Crippen molar-refractivity contribution in [2.75, 3.05) is 25.5 Å². The van der Waals surface area contributed by atoms with Crippen LogP contribution in [0.3, 0.4) is 0 Å². The molecule has 3 aliphatic rings. The molecule has 0 bridgehead atoms. The fourth-order valence-electron chi connectivity index (χ4n) is 5.08. The lowest BCUT2D eigenvalue weighted by Gasteiger charge is -2.58. The van der Waals surface area contributed by atoms with Crippen LogP contribution in [0.1, 0.15) is 47.1 Å². The Bertz CT molecular complexity index is 1060. The fourth-order valence-corrected chi connectivity index (χ4v) is 5.08. The Labute approximate surface area is 179 Å². The van der Waals surface area contributed by atoms with Crippen LogP contribution < -0.4 is 5.32 Å². The summed E-state index contributed by atoms with van der Waals surface area (Å²) in [6.07, 6.45) is 6.03. The first-order valence-corrected chi connectivity index (χ1v) is 10.9. The van der Waals surface area contributed by atoms with E-state index in [0.29, 0.717) is 12.0 Å². The van der Waals surface area contributed by atoms with E-state index in [2.05, 4.69) is 72.7 Å². The van der Waals surface area contributed by atoms with Crippen molar-refractivity contribution in [1.82, 2.24) is 14.8 Å². The topological polar surface area (TPSA) is 43.8 Å². The van der Waals surface area contributed by atoms with Crippen molar-refractivity contribution < 1.29 is 0 Å². The molecule has 1 N–H and O–H groups in total. The van der Waals surface area contributed by atoms with Crippen LogP contribution >= 0.6 is 0 Å². The number of rotatable bonds is 3. The van der Waals surface area contributed by atoms with Crippen molar-refractivity contribution in [3.63, 3.8) is 0 Å². The zero-order valence-electron chi connectivity index (χ0n) is 18.5. The van der Waals surface area contributed by atoms with Gasteiger partial charge < -0.3 is 15.1 Å². The first kappa shape index (κ1) is 19.2. The van der Waals surface area contributed by atoms with Crippen LogP contribution in [0.2, 0.25) is 0 Å². The maximum atomic E-state index is 5.16. The highest BCUT2D eigenvalue weighted by Gasteiger charge is 2.49. The summed E-state index contributed by atoms with van der Waals surface area (Å²) >= 11 is 0. The van der Waals surface area contributed by atoms with Crippen LogP contribution in [0.25, 0.3) is 5.70 Å². The first-order chi connectivity index (χ1) is 14.3. The van der Waals surface area contributed by atoms with E-state index in [1.807, 2.05) is 6.20 Å². The van der Waals surface area contributed by atoms with Crippen LogP contribution in [0, 0.1) is 26.2 Å². The van der Waals surface area contributed by atoms with Gasteiger partial charge in [0.2, 0.25) is 5.96 Å². The van der Waals surface area contributed by atoms with Crippen molar-refractivity contribution in [2.24, 2.45) is 10.4 Å². The van der Waals surface area contributed by atoms with Crippen molar-refractivity contribution in [2.45, 2.75) is 46.6 Å². The summed E-state index contributed by atoms with van der Waals surface area (Å²) in [5.74, 6) is 1.97. The van der Waals surface area contributed by atoms with Crippen molar-refractivity contribution in [3.8, 4) is 0 Å². The average molecular weight is 402 g/mol. The number of guanidine groups is 1. The number of likely N-dealkylation sites (tertiary alicyclic amines) is 1. The minimum atomic E-state index is 0.567. The van der Waals surface area contributed by atoms with E-state index in [-0.39, 0.29) is 0 Å². The van der Waals surface area contributed by atoms with Gasteiger partial charge in [0.1, 0.15) is 5.82 Å².